The second-order valence-corrected chi connectivity index (χ2v) is 6.10. The van der Waals surface area contributed by atoms with Crippen LogP contribution < -0.4 is 5.32 Å². The molecule has 1 N–H and O–H groups in total. The molecule has 0 spiro atoms. The lowest BCUT2D eigenvalue weighted by molar-refractivity contribution is 0.985. The van der Waals surface area contributed by atoms with E-state index in [4.69, 9.17) is 11.6 Å². The molecule has 6 heteroatoms. The van der Waals surface area contributed by atoms with Gasteiger partial charge in [-0.2, -0.15) is 0 Å². The molecule has 0 saturated carbocycles. The summed E-state index contributed by atoms with van der Waals surface area (Å²) in [6.45, 7) is 5.01. The van der Waals surface area contributed by atoms with Gasteiger partial charge in [-0.05, 0) is 42.0 Å². The van der Waals surface area contributed by atoms with E-state index in [-0.39, 0.29) is 0 Å². The van der Waals surface area contributed by atoms with Crippen molar-refractivity contribution in [2.75, 3.05) is 11.9 Å². The Balaban J connectivity index is 2.51. The van der Waals surface area contributed by atoms with E-state index < -0.39 is 0 Å². The third-order valence-corrected chi connectivity index (χ3v) is 4.79. The van der Waals surface area contributed by atoms with Crippen LogP contribution in [0.3, 0.4) is 0 Å². The van der Waals surface area contributed by atoms with Crippen LogP contribution >= 0.6 is 45.5 Å². The molecular weight excluding hydrogens is 381 g/mol. The normalized spacial score (nSPS) is 10.7. The van der Waals surface area contributed by atoms with Crippen LogP contribution in [0.15, 0.2) is 11.4 Å². The molecule has 0 aliphatic heterocycles. The van der Waals surface area contributed by atoms with Crippen molar-refractivity contribution >= 4 is 51.3 Å². The largest absolute Gasteiger partial charge is 0.369 e. The molecule has 0 bridgehead atoms. The molecule has 0 fully saturated rings. The Morgan fingerprint density at radius 2 is 2.17 bits per heavy atom. The molecule has 0 atom stereocenters. The number of anilines is 1. The first-order valence-electron chi connectivity index (χ1n) is 5.70. The maximum Gasteiger partial charge on any atom is 0.171 e. The Labute approximate surface area is 129 Å². The third kappa shape index (κ3) is 2.95. The number of rotatable bonds is 4. The van der Waals surface area contributed by atoms with E-state index in [9.17, 15) is 0 Å². The van der Waals surface area contributed by atoms with Gasteiger partial charge in [-0.1, -0.05) is 18.5 Å². The Morgan fingerprint density at radius 1 is 1.39 bits per heavy atom. The lowest BCUT2D eigenvalue weighted by Gasteiger charge is -2.10. The van der Waals surface area contributed by atoms with Crippen molar-refractivity contribution in [1.82, 2.24) is 9.97 Å². The van der Waals surface area contributed by atoms with Crippen molar-refractivity contribution < 1.29 is 0 Å². The highest BCUT2D eigenvalue weighted by molar-refractivity contribution is 14.1. The predicted molar refractivity (Wildman–Crippen MR) is 86.6 cm³/mol. The molecule has 0 amide bonds. The van der Waals surface area contributed by atoms with Crippen molar-refractivity contribution in [2.45, 2.75) is 20.3 Å². The maximum absolute atomic E-state index is 5.95. The summed E-state index contributed by atoms with van der Waals surface area (Å²) in [6, 6.07) is 1.91. The molecule has 0 aromatic carbocycles. The quantitative estimate of drug-likeness (QED) is 0.780. The van der Waals surface area contributed by atoms with Crippen molar-refractivity contribution in [2.24, 2.45) is 0 Å². The van der Waals surface area contributed by atoms with Crippen LogP contribution in [0, 0.1) is 3.57 Å². The first-order chi connectivity index (χ1) is 8.65. The third-order valence-electron chi connectivity index (χ3n) is 2.39. The molecule has 2 aromatic rings. The first kappa shape index (κ1) is 14.0. The number of hydrogen-bond donors (Lipinski definition) is 1. The molecule has 3 nitrogen and oxygen atoms in total. The van der Waals surface area contributed by atoms with Crippen LogP contribution in [0.25, 0.3) is 10.7 Å². The van der Waals surface area contributed by atoms with Crippen LogP contribution in [-0.2, 0) is 6.42 Å². The standard InChI is InChI=1S/C12H13ClIN3S/c1-3-8-10(14)12(15-4-2)17-11(16-8)9-5-7(13)6-18-9/h5-6H,3-4H2,1-2H3,(H,15,16,17). The van der Waals surface area contributed by atoms with E-state index in [0.717, 1.165) is 43.8 Å². The van der Waals surface area contributed by atoms with Gasteiger partial charge in [0, 0.05) is 11.9 Å². The van der Waals surface area contributed by atoms with Crippen molar-refractivity contribution in [1.29, 1.82) is 0 Å². The molecule has 0 aliphatic rings. The SMILES string of the molecule is CCNc1nc(-c2cc(Cl)cs2)nc(CC)c1I. The monoisotopic (exact) mass is 393 g/mol. The topological polar surface area (TPSA) is 37.8 Å². The van der Waals surface area contributed by atoms with E-state index in [1.165, 1.54) is 0 Å². The van der Waals surface area contributed by atoms with Crippen molar-refractivity contribution in [3.05, 3.63) is 25.7 Å². The Hall–Kier alpha value is -0.400. The van der Waals surface area contributed by atoms with Crippen molar-refractivity contribution in [3.8, 4) is 10.7 Å². The minimum Gasteiger partial charge on any atom is -0.369 e. The molecule has 0 unspecified atom stereocenters. The smallest absolute Gasteiger partial charge is 0.171 e. The number of nitrogens with zero attached hydrogens (tertiary/aromatic N) is 2. The first-order valence-corrected chi connectivity index (χ1v) is 8.04. The summed E-state index contributed by atoms with van der Waals surface area (Å²) in [7, 11) is 0. The van der Waals surface area contributed by atoms with Gasteiger partial charge in [0.1, 0.15) is 5.82 Å². The minimum absolute atomic E-state index is 0.736. The summed E-state index contributed by atoms with van der Waals surface area (Å²) >= 11 is 9.82. The summed E-state index contributed by atoms with van der Waals surface area (Å²) in [6.07, 6.45) is 0.894. The second-order valence-electron chi connectivity index (χ2n) is 3.67. The molecule has 0 radical (unpaired) electrons. The predicted octanol–water partition coefficient (Wildman–Crippen LogP) is 4.46. The second kappa shape index (κ2) is 6.16. The molecule has 0 aliphatic carbocycles. The molecule has 2 heterocycles. The number of halogens is 2. The number of thiophene rings is 1. The summed E-state index contributed by atoms with van der Waals surface area (Å²) in [4.78, 5) is 10.2. The zero-order valence-electron chi connectivity index (χ0n) is 10.1. The summed E-state index contributed by atoms with van der Waals surface area (Å²) in [5.74, 6) is 1.66. The Bertz CT molecular complexity index is 556. The van der Waals surface area contributed by atoms with Crippen LogP contribution in [-0.4, -0.2) is 16.5 Å². The zero-order valence-corrected chi connectivity index (χ0v) is 13.9. The van der Waals surface area contributed by atoms with E-state index in [2.05, 4.69) is 51.7 Å². The fourth-order valence-corrected chi connectivity index (χ4v) is 3.37. The number of aromatic nitrogens is 2. The van der Waals surface area contributed by atoms with Gasteiger partial charge in [0.05, 0.1) is 19.2 Å². The van der Waals surface area contributed by atoms with Gasteiger partial charge < -0.3 is 5.32 Å². The van der Waals surface area contributed by atoms with Gasteiger partial charge in [-0.25, -0.2) is 9.97 Å². The number of nitrogens with one attached hydrogen (secondary N) is 1. The van der Waals surface area contributed by atoms with Gasteiger partial charge in [-0.15, -0.1) is 11.3 Å². The van der Waals surface area contributed by atoms with Gasteiger partial charge in [0.15, 0.2) is 5.82 Å². The molecule has 96 valence electrons. The molecule has 2 rings (SSSR count). The summed E-state index contributed by atoms with van der Waals surface area (Å²) in [5.41, 5.74) is 1.07. The number of aryl methyl sites for hydroxylation is 1. The number of hydrogen-bond acceptors (Lipinski definition) is 4. The summed E-state index contributed by atoms with van der Waals surface area (Å²) < 4.78 is 1.10. The van der Waals surface area contributed by atoms with Gasteiger partial charge in [-0.3, -0.25) is 0 Å². The maximum atomic E-state index is 5.95. The van der Waals surface area contributed by atoms with Gasteiger partial charge >= 0.3 is 0 Å². The van der Waals surface area contributed by atoms with Crippen molar-refractivity contribution in [3.63, 3.8) is 0 Å². The molecular formula is C12H13ClIN3S. The fourth-order valence-electron chi connectivity index (χ4n) is 1.55. The van der Waals surface area contributed by atoms with Crippen LogP contribution in [0.2, 0.25) is 5.02 Å². The fraction of sp³-hybridized carbons (Fsp3) is 0.333. The Morgan fingerprint density at radius 3 is 2.72 bits per heavy atom. The highest BCUT2D eigenvalue weighted by Gasteiger charge is 2.13. The van der Waals surface area contributed by atoms with Crippen LogP contribution in [0.1, 0.15) is 19.5 Å². The molecule has 2 aromatic heterocycles. The highest BCUT2D eigenvalue weighted by atomic mass is 127. The lowest BCUT2D eigenvalue weighted by atomic mass is 10.3. The van der Waals surface area contributed by atoms with Crippen LogP contribution in [0.5, 0.6) is 0 Å². The van der Waals surface area contributed by atoms with E-state index >= 15 is 0 Å². The van der Waals surface area contributed by atoms with Gasteiger partial charge in [0.2, 0.25) is 0 Å². The Kier molecular flexibility index (Phi) is 4.80. The minimum atomic E-state index is 0.736. The molecule has 18 heavy (non-hydrogen) atoms. The average molecular weight is 394 g/mol. The van der Waals surface area contributed by atoms with E-state index in [1.807, 2.05) is 11.4 Å². The molecule has 0 saturated heterocycles. The zero-order chi connectivity index (χ0) is 13.1. The van der Waals surface area contributed by atoms with Crippen LogP contribution in [0.4, 0.5) is 5.82 Å². The highest BCUT2D eigenvalue weighted by Crippen LogP contribution is 2.30. The van der Waals surface area contributed by atoms with Gasteiger partial charge in [0.25, 0.3) is 0 Å². The lowest BCUT2D eigenvalue weighted by Crippen LogP contribution is -2.07. The van der Waals surface area contributed by atoms with E-state index in [1.54, 1.807) is 11.3 Å². The summed E-state index contributed by atoms with van der Waals surface area (Å²) in [5, 5.41) is 5.92. The van der Waals surface area contributed by atoms with E-state index in [0.29, 0.717) is 0 Å². The average Bonchev–Trinajstić information content (AvgIpc) is 2.79.